The van der Waals surface area contributed by atoms with E-state index in [0.717, 1.165) is 17.9 Å². The van der Waals surface area contributed by atoms with Gasteiger partial charge in [-0.25, -0.2) is 0 Å². The van der Waals surface area contributed by atoms with Crippen LogP contribution in [0.1, 0.15) is 20.3 Å². The molecule has 0 unspecified atom stereocenters. The van der Waals surface area contributed by atoms with Crippen molar-refractivity contribution in [1.29, 1.82) is 0 Å². The molecular formula is C17H19N3O2S. The molecule has 0 radical (unpaired) electrons. The number of aromatic nitrogens is 3. The van der Waals surface area contributed by atoms with Crippen molar-refractivity contribution in [1.82, 2.24) is 14.5 Å². The van der Waals surface area contributed by atoms with Gasteiger partial charge in [0.05, 0.1) is 17.7 Å². The van der Waals surface area contributed by atoms with Gasteiger partial charge in [0.2, 0.25) is 0 Å². The molecule has 120 valence electrons. The van der Waals surface area contributed by atoms with E-state index in [4.69, 9.17) is 17.0 Å². The molecule has 0 spiro atoms. The van der Waals surface area contributed by atoms with Gasteiger partial charge in [0, 0.05) is 6.20 Å². The Morgan fingerprint density at radius 2 is 1.96 bits per heavy atom. The summed E-state index contributed by atoms with van der Waals surface area (Å²) in [6.45, 7) is 5.02. The van der Waals surface area contributed by atoms with E-state index in [0.29, 0.717) is 28.3 Å². The summed E-state index contributed by atoms with van der Waals surface area (Å²) in [5.74, 6) is 1.40. The first-order chi connectivity index (χ1) is 11.1. The Bertz CT molecular complexity index is 919. The van der Waals surface area contributed by atoms with Crippen LogP contribution in [0.15, 0.2) is 41.3 Å². The van der Waals surface area contributed by atoms with Crippen LogP contribution in [0.4, 0.5) is 0 Å². The Balaban J connectivity index is 1.90. The van der Waals surface area contributed by atoms with Crippen LogP contribution in [0.5, 0.6) is 5.75 Å². The summed E-state index contributed by atoms with van der Waals surface area (Å²) in [5, 5.41) is 0.579. The molecule has 2 N–H and O–H groups in total. The van der Waals surface area contributed by atoms with E-state index >= 15 is 0 Å². The maximum Gasteiger partial charge on any atom is 0.268 e. The lowest BCUT2D eigenvalue weighted by Crippen LogP contribution is -2.19. The highest BCUT2D eigenvalue weighted by Crippen LogP contribution is 2.16. The van der Waals surface area contributed by atoms with Gasteiger partial charge in [-0.3, -0.25) is 9.36 Å². The van der Waals surface area contributed by atoms with Crippen LogP contribution in [-0.4, -0.2) is 21.1 Å². The molecule has 0 aliphatic rings. The van der Waals surface area contributed by atoms with Gasteiger partial charge in [-0.1, -0.05) is 13.8 Å². The minimum atomic E-state index is -0.140. The zero-order valence-electron chi connectivity index (χ0n) is 13.1. The summed E-state index contributed by atoms with van der Waals surface area (Å²) >= 11 is 5.30. The number of nitrogens with one attached hydrogen (secondary N) is 2. The van der Waals surface area contributed by atoms with Crippen molar-refractivity contribution in [3.8, 4) is 11.4 Å². The average Bonchev–Trinajstić information content (AvgIpc) is 2.97. The third-order valence-electron chi connectivity index (χ3n) is 3.67. The van der Waals surface area contributed by atoms with Crippen molar-refractivity contribution in [3.63, 3.8) is 0 Å². The third-order valence-corrected chi connectivity index (χ3v) is 3.96. The summed E-state index contributed by atoms with van der Waals surface area (Å²) in [6.07, 6.45) is 2.73. The van der Waals surface area contributed by atoms with E-state index < -0.39 is 0 Å². The highest BCUT2D eigenvalue weighted by molar-refractivity contribution is 7.71. The van der Waals surface area contributed by atoms with Crippen molar-refractivity contribution in [2.24, 2.45) is 5.92 Å². The largest absolute Gasteiger partial charge is 0.494 e. The molecule has 5 nitrogen and oxygen atoms in total. The first-order valence-electron chi connectivity index (χ1n) is 7.62. The van der Waals surface area contributed by atoms with Crippen LogP contribution in [-0.2, 0) is 0 Å². The van der Waals surface area contributed by atoms with Crippen LogP contribution in [0.2, 0.25) is 0 Å². The maximum absolute atomic E-state index is 12.6. The minimum Gasteiger partial charge on any atom is -0.494 e. The lowest BCUT2D eigenvalue weighted by atomic mass is 10.1. The van der Waals surface area contributed by atoms with Crippen molar-refractivity contribution >= 4 is 23.3 Å². The van der Waals surface area contributed by atoms with Crippen molar-refractivity contribution < 1.29 is 4.74 Å². The maximum atomic E-state index is 12.6. The first kappa shape index (κ1) is 15.6. The zero-order valence-corrected chi connectivity index (χ0v) is 13.9. The van der Waals surface area contributed by atoms with E-state index in [1.54, 1.807) is 12.3 Å². The number of aromatic amines is 2. The Morgan fingerprint density at radius 1 is 1.22 bits per heavy atom. The number of benzene rings is 1. The Kier molecular flexibility index (Phi) is 4.34. The monoisotopic (exact) mass is 329 g/mol. The summed E-state index contributed by atoms with van der Waals surface area (Å²) in [4.78, 5) is 18.6. The molecule has 23 heavy (non-hydrogen) atoms. The lowest BCUT2D eigenvalue weighted by molar-refractivity contribution is 0.289. The highest BCUT2D eigenvalue weighted by atomic mass is 32.1. The Hall–Kier alpha value is -2.34. The standard InChI is InChI=1S/C17H19N3O2S/c1-11(2)8-10-22-13-5-3-12(4-6-13)20-16(21)14-7-9-18-15(14)19-17(20)23/h3-7,9,11,18H,8,10H2,1-2H3,(H,19,23). The minimum absolute atomic E-state index is 0.140. The quantitative estimate of drug-likeness (QED) is 0.700. The summed E-state index contributed by atoms with van der Waals surface area (Å²) in [6, 6.07) is 9.14. The number of nitrogens with zero attached hydrogens (tertiary/aromatic N) is 1. The van der Waals surface area contributed by atoms with Crippen molar-refractivity contribution in [2.45, 2.75) is 20.3 Å². The number of H-pyrrole nitrogens is 2. The smallest absolute Gasteiger partial charge is 0.268 e. The van der Waals surface area contributed by atoms with Gasteiger partial charge in [0.15, 0.2) is 4.77 Å². The topological polar surface area (TPSA) is 62.8 Å². The zero-order chi connectivity index (χ0) is 16.4. The predicted molar refractivity (Wildman–Crippen MR) is 94.0 cm³/mol. The van der Waals surface area contributed by atoms with Crippen LogP contribution in [0.3, 0.4) is 0 Å². The molecule has 0 amide bonds. The fourth-order valence-corrected chi connectivity index (χ4v) is 2.66. The molecule has 2 heterocycles. The molecule has 0 aliphatic carbocycles. The fourth-order valence-electron chi connectivity index (χ4n) is 2.36. The van der Waals surface area contributed by atoms with E-state index in [1.165, 1.54) is 4.57 Å². The number of fused-ring (bicyclic) bond motifs is 1. The van der Waals surface area contributed by atoms with Crippen molar-refractivity contribution in [2.75, 3.05) is 6.61 Å². The summed E-state index contributed by atoms with van der Waals surface area (Å²) in [7, 11) is 0. The summed E-state index contributed by atoms with van der Waals surface area (Å²) in [5.41, 5.74) is 1.22. The average molecular weight is 329 g/mol. The molecule has 0 saturated carbocycles. The highest BCUT2D eigenvalue weighted by Gasteiger charge is 2.08. The Labute approximate surface area is 138 Å². The van der Waals surface area contributed by atoms with Gasteiger partial charge >= 0.3 is 0 Å². The van der Waals surface area contributed by atoms with Gasteiger partial charge in [-0.2, -0.15) is 0 Å². The molecule has 1 aromatic carbocycles. The fraction of sp³-hybridized carbons (Fsp3) is 0.294. The van der Waals surface area contributed by atoms with Gasteiger partial charge < -0.3 is 14.7 Å². The van der Waals surface area contributed by atoms with Crippen LogP contribution < -0.4 is 10.3 Å². The molecule has 0 atom stereocenters. The van der Waals surface area contributed by atoms with Crippen LogP contribution >= 0.6 is 12.2 Å². The Morgan fingerprint density at radius 3 is 2.65 bits per heavy atom. The molecule has 6 heteroatoms. The second-order valence-corrected chi connectivity index (χ2v) is 6.25. The van der Waals surface area contributed by atoms with Gasteiger partial charge in [0.1, 0.15) is 11.4 Å². The molecule has 0 bridgehead atoms. The number of hydrogen-bond donors (Lipinski definition) is 2. The second kappa shape index (κ2) is 6.42. The SMILES string of the molecule is CC(C)CCOc1ccc(-n2c(=S)[nH]c3[nH]ccc3c2=O)cc1. The number of rotatable bonds is 5. The van der Waals surface area contributed by atoms with E-state index in [9.17, 15) is 4.79 Å². The normalized spacial score (nSPS) is 11.3. The van der Waals surface area contributed by atoms with E-state index in [1.807, 2.05) is 24.3 Å². The molecule has 2 aromatic heterocycles. The molecular weight excluding hydrogens is 310 g/mol. The first-order valence-corrected chi connectivity index (χ1v) is 8.03. The predicted octanol–water partition coefficient (Wildman–Crippen LogP) is 3.80. The molecule has 0 aliphatic heterocycles. The van der Waals surface area contributed by atoms with Gasteiger partial charge in [0.25, 0.3) is 5.56 Å². The van der Waals surface area contributed by atoms with Gasteiger partial charge in [-0.05, 0) is 54.9 Å². The molecule has 3 rings (SSSR count). The van der Waals surface area contributed by atoms with Crippen molar-refractivity contribution in [3.05, 3.63) is 51.7 Å². The van der Waals surface area contributed by atoms with Crippen LogP contribution in [0.25, 0.3) is 16.7 Å². The third kappa shape index (κ3) is 3.22. The van der Waals surface area contributed by atoms with E-state index in [2.05, 4.69) is 23.8 Å². The molecule has 0 saturated heterocycles. The molecule has 0 fully saturated rings. The molecule has 3 aromatic rings. The second-order valence-electron chi connectivity index (χ2n) is 5.86. The number of hydrogen-bond acceptors (Lipinski definition) is 3. The summed E-state index contributed by atoms with van der Waals surface area (Å²) < 4.78 is 7.55. The van der Waals surface area contributed by atoms with Crippen LogP contribution in [0, 0.1) is 10.7 Å². The van der Waals surface area contributed by atoms with E-state index in [-0.39, 0.29) is 5.56 Å². The number of ether oxygens (including phenoxy) is 1. The van der Waals surface area contributed by atoms with Gasteiger partial charge in [-0.15, -0.1) is 0 Å². The lowest BCUT2D eigenvalue weighted by Gasteiger charge is -2.10.